The van der Waals surface area contributed by atoms with Crippen LogP contribution in [-0.4, -0.2) is 47.0 Å². The fraction of sp³-hybridized carbons (Fsp3) is 0.846. The molecule has 33 heavy (non-hydrogen) atoms. The Bertz CT molecular complexity index is 856. The summed E-state index contributed by atoms with van der Waals surface area (Å²) in [5.74, 6) is -0.119. The Kier molecular flexibility index (Phi) is 6.26. The number of rotatable bonds is 5. The molecule has 0 heterocycles. The molecular weight excluding hydrogens is 422 g/mol. The van der Waals surface area contributed by atoms with Gasteiger partial charge in [-0.1, -0.05) is 26.7 Å². The highest BCUT2D eigenvalue weighted by molar-refractivity contribution is 6.00. The van der Waals surface area contributed by atoms with Crippen molar-refractivity contribution in [2.24, 2.45) is 33.6 Å². The van der Waals surface area contributed by atoms with Crippen LogP contribution >= 0.6 is 0 Å². The lowest BCUT2D eigenvalue weighted by atomic mass is 9.42. The van der Waals surface area contributed by atoms with E-state index in [0.717, 1.165) is 25.7 Å². The van der Waals surface area contributed by atoms with Crippen molar-refractivity contribution >= 4 is 24.1 Å². The number of ether oxygens (including phenoxy) is 2. The van der Waals surface area contributed by atoms with Gasteiger partial charge in [0.05, 0.1) is 5.60 Å². The van der Waals surface area contributed by atoms with E-state index in [9.17, 15) is 19.5 Å². The van der Waals surface area contributed by atoms with Gasteiger partial charge in [-0.25, -0.2) is 4.99 Å². The van der Waals surface area contributed by atoms with Crippen LogP contribution < -0.4 is 0 Å². The van der Waals surface area contributed by atoms with Gasteiger partial charge in [0.2, 0.25) is 6.41 Å². The van der Waals surface area contributed by atoms with E-state index >= 15 is 0 Å². The van der Waals surface area contributed by atoms with Gasteiger partial charge in [0, 0.05) is 19.3 Å². The Labute approximate surface area is 196 Å². The molecule has 0 aromatic rings. The Morgan fingerprint density at radius 1 is 0.939 bits per heavy atom. The minimum atomic E-state index is -1.12. The van der Waals surface area contributed by atoms with Crippen molar-refractivity contribution in [1.29, 1.82) is 0 Å². The van der Waals surface area contributed by atoms with Crippen LogP contribution in [0.15, 0.2) is 4.99 Å². The van der Waals surface area contributed by atoms with Crippen LogP contribution in [0.5, 0.6) is 0 Å². The largest absolute Gasteiger partial charge is 0.460 e. The predicted octanol–water partition coefficient (Wildman–Crippen LogP) is 4.00. The molecule has 1 N–H and O–H groups in total. The maximum absolute atomic E-state index is 12.3. The lowest BCUT2D eigenvalue weighted by Crippen LogP contribution is -2.67. The molecule has 4 fully saturated rings. The van der Waals surface area contributed by atoms with Gasteiger partial charge in [0.1, 0.15) is 12.3 Å². The van der Waals surface area contributed by atoms with Gasteiger partial charge in [-0.3, -0.25) is 14.4 Å². The minimum absolute atomic E-state index is 0.0837. The molecule has 4 aliphatic carbocycles. The van der Waals surface area contributed by atoms with Crippen LogP contribution in [0.3, 0.4) is 0 Å². The molecule has 0 aromatic heterocycles. The van der Waals surface area contributed by atoms with Crippen LogP contribution in [-0.2, 0) is 23.9 Å². The second kappa shape index (κ2) is 8.47. The number of carbonyl (C=O) groups excluding carboxylic acids is 3. The van der Waals surface area contributed by atoms with E-state index in [-0.39, 0.29) is 23.9 Å². The summed E-state index contributed by atoms with van der Waals surface area (Å²) < 4.78 is 11.3. The molecule has 1 amide bonds. The third kappa shape index (κ3) is 3.48. The first-order valence-corrected chi connectivity index (χ1v) is 12.6. The number of hydrogen-bond donors (Lipinski definition) is 1. The molecule has 0 aliphatic heterocycles. The highest BCUT2D eigenvalue weighted by Crippen LogP contribution is 2.70. The molecular formula is C26H39NO6. The highest BCUT2D eigenvalue weighted by Gasteiger charge is 2.71. The molecule has 1 unspecified atom stereocenters. The zero-order chi connectivity index (χ0) is 24.1. The summed E-state index contributed by atoms with van der Waals surface area (Å²) in [4.78, 5) is 39.4. The van der Waals surface area contributed by atoms with E-state index in [0.29, 0.717) is 37.3 Å². The smallest absolute Gasteiger partial charge is 0.303 e. The van der Waals surface area contributed by atoms with E-state index < -0.39 is 28.6 Å². The predicted molar refractivity (Wildman–Crippen MR) is 122 cm³/mol. The van der Waals surface area contributed by atoms with Crippen molar-refractivity contribution < 1.29 is 29.0 Å². The molecule has 0 aromatic carbocycles. The first-order valence-electron chi connectivity index (χ1n) is 12.6. The average molecular weight is 462 g/mol. The normalized spacial score (nSPS) is 44.8. The topological polar surface area (TPSA) is 102 Å². The van der Waals surface area contributed by atoms with Crippen molar-refractivity contribution in [1.82, 2.24) is 0 Å². The van der Waals surface area contributed by atoms with Crippen molar-refractivity contribution in [3.8, 4) is 0 Å². The quantitative estimate of drug-likeness (QED) is 0.377. The summed E-state index contributed by atoms with van der Waals surface area (Å²) in [7, 11) is 0. The standard InChI is InChI=1S/C26H39NO6/c1-17(29)32-15-22(27-16-28)26(33-18(2)30)12-10-20-21-9-8-19-7-5-6-11-23(19,3)25(21,31)14-13-24(20,26)4/h16,19-21,31H,5-15H2,1-4H3/b27-22-/t19?,20-,21-,23-,24-,25+,26-/m0/s1. The summed E-state index contributed by atoms with van der Waals surface area (Å²) in [5, 5.41) is 12.3. The third-order valence-corrected chi connectivity index (χ3v) is 10.3. The van der Waals surface area contributed by atoms with Gasteiger partial charge in [0.25, 0.3) is 0 Å². The van der Waals surface area contributed by atoms with Gasteiger partial charge in [-0.15, -0.1) is 0 Å². The van der Waals surface area contributed by atoms with Crippen molar-refractivity contribution in [2.75, 3.05) is 6.61 Å². The van der Waals surface area contributed by atoms with Gasteiger partial charge in [-0.05, 0) is 74.5 Å². The van der Waals surface area contributed by atoms with E-state index in [1.165, 1.54) is 33.1 Å². The fourth-order valence-electron chi connectivity index (χ4n) is 8.67. The Balaban J connectivity index is 1.75. The summed E-state index contributed by atoms with van der Waals surface area (Å²) in [6.07, 6.45) is 9.80. The molecule has 4 rings (SSSR count). The molecule has 184 valence electrons. The van der Waals surface area contributed by atoms with E-state index in [4.69, 9.17) is 9.47 Å². The Hall–Kier alpha value is -1.76. The van der Waals surface area contributed by atoms with Gasteiger partial charge >= 0.3 is 11.9 Å². The zero-order valence-electron chi connectivity index (χ0n) is 20.5. The van der Waals surface area contributed by atoms with Crippen molar-refractivity contribution in [3.05, 3.63) is 0 Å². The number of aliphatic imine (C=N–C) groups is 1. The number of aliphatic hydroxyl groups is 1. The van der Waals surface area contributed by atoms with E-state index in [1.54, 1.807) is 0 Å². The summed E-state index contributed by atoms with van der Waals surface area (Å²) in [6.45, 7) is 6.92. The third-order valence-electron chi connectivity index (χ3n) is 10.3. The maximum Gasteiger partial charge on any atom is 0.303 e. The van der Waals surface area contributed by atoms with Crippen molar-refractivity contribution in [2.45, 2.75) is 103 Å². The Morgan fingerprint density at radius 2 is 1.70 bits per heavy atom. The monoisotopic (exact) mass is 461 g/mol. The number of carbonyl (C=O) groups is 3. The van der Waals surface area contributed by atoms with Gasteiger partial charge < -0.3 is 14.6 Å². The minimum Gasteiger partial charge on any atom is -0.460 e. The lowest BCUT2D eigenvalue weighted by molar-refractivity contribution is -0.242. The number of amides is 1. The lowest BCUT2D eigenvalue weighted by Gasteiger charge is -2.65. The van der Waals surface area contributed by atoms with E-state index in [2.05, 4.69) is 18.8 Å². The number of esters is 2. The molecule has 7 nitrogen and oxygen atoms in total. The molecule has 7 atom stereocenters. The van der Waals surface area contributed by atoms with Crippen LogP contribution in [0, 0.1) is 28.6 Å². The molecule has 0 spiro atoms. The summed E-state index contributed by atoms with van der Waals surface area (Å²) in [6, 6.07) is 0. The van der Waals surface area contributed by atoms with Crippen LogP contribution in [0.4, 0.5) is 0 Å². The second-order valence-electron chi connectivity index (χ2n) is 11.4. The zero-order valence-corrected chi connectivity index (χ0v) is 20.5. The summed E-state index contributed by atoms with van der Waals surface area (Å²) in [5.41, 5.74) is -2.14. The van der Waals surface area contributed by atoms with Crippen LogP contribution in [0.1, 0.15) is 91.9 Å². The maximum atomic E-state index is 12.3. The molecule has 0 bridgehead atoms. The van der Waals surface area contributed by atoms with Crippen LogP contribution in [0.25, 0.3) is 0 Å². The average Bonchev–Trinajstić information content (AvgIpc) is 3.04. The van der Waals surface area contributed by atoms with E-state index in [1.807, 2.05) is 0 Å². The number of nitrogens with zero attached hydrogens (tertiary/aromatic N) is 1. The SMILES string of the molecule is CC(=O)OC/C(=N/C=O)[C@@]1(OC(C)=O)CC[C@H]2[C@@H]3CCC4CCCC[C@]4(C)[C@@]3(O)CC[C@@]21C. The molecule has 4 saturated carbocycles. The van der Waals surface area contributed by atoms with Gasteiger partial charge in [0.15, 0.2) is 5.60 Å². The number of hydrogen-bond acceptors (Lipinski definition) is 6. The summed E-state index contributed by atoms with van der Waals surface area (Å²) >= 11 is 0. The molecule has 4 aliphatic rings. The van der Waals surface area contributed by atoms with Crippen LogP contribution in [0.2, 0.25) is 0 Å². The first-order chi connectivity index (χ1) is 15.5. The number of fused-ring (bicyclic) bond motifs is 5. The molecule has 0 saturated heterocycles. The Morgan fingerprint density at radius 3 is 2.36 bits per heavy atom. The molecule has 0 radical (unpaired) electrons. The molecule has 7 heteroatoms. The van der Waals surface area contributed by atoms with Crippen molar-refractivity contribution in [3.63, 3.8) is 0 Å². The highest BCUT2D eigenvalue weighted by atomic mass is 16.6. The van der Waals surface area contributed by atoms with Gasteiger partial charge in [-0.2, -0.15) is 0 Å². The first kappa shape index (κ1) is 24.4. The second-order valence-corrected chi connectivity index (χ2v) is 11.4. The fourth-order valence-corrected chi connectivity index (χ4v) is 8.67.